The molecule has 9 nitrogen and oxygen atoms in total. The van der Waals surface area contributed by atoms with E-state index in [1.165, 1.54) is 0 Å². The predicted molar refractivity (Wildman–Crippen MR) is 130 cm³/mol. The standard InChI is InChI=1S/C24H18Cl2N6O3/c1-12-29-18-10-14(9-16(26)23(18)35-12)22-21(24(27)34)19-11-31(5-6-32(19)30-22)20(33)8-13-3-4-17(28-2)15(25)7-13/h3-4,7,9-10H,5-6,8,11H2,1H3,(H2,27,34). The molecule has 2 aromatic heterocycles. The first-order valence-electron chi connectivity index (χ1n) is 10.7. The summed E-state index contributed by atoms with van der Waals surface area (Å²) in [5, 5.41) is 5.27. The van der Waals surface area contributed by atoms with E-state index < -0.39 is 5.91 Å². The number of fused-ring (bicyclic) bond motifs is 2. The number of primary amides is 1. The highest BCUT2D eigenvalue weighted by molar-refractivity contribution is 6.35. The van der Waals surface area contributed by atoms with Crippen LogP contribution >= 0.6 is 23.2 Å². The number of aromatic nitrogens is 3. The van der Waals surface area contributed by atoms with Crippen LogP contribution in [0, 0.1) is 13.5 Å². The number of carbonyl (C=O) groups is 2. The van der Waals surface area contributed by atoms with Gasteiger partial charge in [0, 0.05) is 24.1 Å². The number of hydrogen-bond acceptors (Lipinski definition) is 5. The Labute approximate surface area is 209 Å². The smallest absolute Gasteiger partial charge is 0.252 e. The van der Waals surface area contributed by atoms with Crippen LogP contribution in [-0.2, 0) is 24.3 Å². The average Bonchev–Trinajstić information content (AvgIpc) is 3.39. The Morgan fingerprint density at radius 2 is 2.00 bits per heavy atom. The summed E-state index contributed by atoms with van der Waals surface area (Å²) >= 11 is 12.5. The molecule has 0 unspecified atom stereocenters. The topological polar surface area (TPSA) is 112 Å². The molecule has 2 aromatic carbocycles. The lowest BCUT2D eigenvalue weighted by Gasteiger charge is -2.28. The van der Waals surface area contributed by atoms with E-state index in [1.54, 1.807) is 46.8 Å². The van der Waals surface area contributed by atoms with Gasteiger partial charge in [0.05, 0.1) is 42.4 Å². The maximum Gasteiger partial charge on any atom is 0.252 e. The molecule has 35 heavy (non-hydrogen) atoms. The van der Waals surface area contributed by atoms with Gasteiger partial charge in [0.15, 0.2) is 11.5 Å². The van der Waals surface area contributed by atoms with E-state index in [0.29, 0.717) is 68.3 Å². The zero-order valence-corrected chi connectivity index (χ0v) is 20.0. The Balaban J connectivity index is 1.46. The maximum atomic E-state index is 13.0. The molecule has 11 heteroatoms. The van der Waals surface area contributed by atoms with Crippen LogP contribution in [0.4, 0.5) is 5.69 Å². The summed E-state index contributed by atoms with van der Waals surface area (Å²) in [6.45, 7) is 9.82. The molecule has 176 valence electrons. The fraction of sp³-hybridized carbons (Fsp3) is 0.208. The third kappa shape index (κ3) is 4.11. The molecule has 5 rings (SSSR count). The highest BCUT2D eigenvalue weighted by Crippen LogP contribution is 2.34. The van der Waals surface area contributed by atoms with Gasteiger partial charge in [-0.05, 0) is 17.7 Å². The van der Waals surface area contributed by atoms with Gasteiger partial charge in [-0.25, -0.2) is 9.83 Å². The van der Waals surface area contributed by atoms with Gasteiger partial charge >= 0.3 is 0 Å². The van der Waals surface area contributed by atoms with E-state index in [9.17, 15) is 9.59 Å². The summed E-state index contributed by atoms with van der Waals surface area (Å²) in [5.41, 5.74) is 9.56. The molecule has 0 saturated heterocycles. The molecule has 3 heterocycles. The quantitative estimate of drug-likeness (QED) is 0.406. The average molecular weight is 509 g/mol. The number of rotatable bonds is 4. The van der Waals surface area contributed by atoms with E-state index in [0.717, 1.165) is 0 Å². The molecule has 0 bridgehead atoms. The Morgan fingerprint density at radius 1 is 1.20 bits per heavy atom. The number of nitrogens with zero attached hydrogens (tertiary/aromatic N) is 5. The molecule has 4 aromatic rings. The van der Waals surface area contributed by atoms with E-state index in [2.05, 4.69) is 14.9 Å². The minimum Gasteiger partial charge on any atom is -0.439 e. The summed E-state index contributed by atoms with van der Waals surface area (Å²) in [5.74, 6) is -0.314. The highest BCUT2D eigenvalue weighted by atomic mass is 35.5. The third-order valence-corrected chi connectivity index (χ3v) is 6.48. The van der Waals surface area contributed by atoms with Crippen LogP contribution < -0.4 is 5.73 Å². The van der Waals surface area contributed by atoms with Crippen molar-refractivity contribution in [2.75, 3.05) is 6.54 Å². The lowest BCUT2D eigenvalue weighted by molar-refractivity contribution is -0.132. The molecule has 1 aliphatic heterocycles. The Morgan fingerprint density at radius 3 is 2.71 bits per heavy atom. The Hall–Kier alpha value is -3.87. The SMILES string of the molecule is [C-]#[N+]c1ccc(CC(=O)N2CCn3nc(-c4cc(Cl)c5oc(C)nc5c4)c(C(N)=O)c3C2)cc1Cl. The van der Waals surface area contributed by atoms with Crippen molar-refractivity contribution in [1.82, 2.24) is 19.7 Å². The van der Waals surface area contributed by atoms with Gasteiger partial charge in [0.25, 0.3) is 5.91 Å². The van der Waals surface area contributed by atoms with Crippen LogP contribution in [0.5, 0.6) is 0 Å². The first-order chi connectivity index (χ1) is 16.7. The van der Waals surface area contributed by atoms with Gasteiger partial charge in [0.2, 0.25) is 11.6 Å². The molecular formula is C24H18Cl2N6O3. The summed E-state index contributed by atoms with van der Waals surface area (Å²) in [6.07, 6.45) is 0.114. The number of hydrogen-bond donors (Lipinski definition) is 1. The monoisotopic (exact) mass is 508 g/mol. The summed E-state index contributed by atoms with van der Waals surface area (Å²) in [7, 11) is 0. The Bertz CT molecular complexity index is 1570. The van der Waals surface area contributed by atoms with Crippen LogP contribution in [0.2, 0.25) is 10.0 Å². The van der Waals surface area contributed by atoms with E-state index in [4.69, 9.17) is 39.9 Å². The zero-order chi connectivity index (χ0) is 24.9. The lowest BCUT2D eigenvalue weighted by Crippen LogP contribution is -2.40. The molecular weight excluding hydrogens is 491 g/mol. The number of benzene rings is 2. The normalized spacial score (nSPS) is 13.0. The van der Waals surface area contributed by atoms with Crippen molar-refractivity contribution in [1.29, 1.82) is 0 Å². The van der Waals surface area contributed by atoms with E-state index in [1.807, 2.05) is 0 Å². The van der Waals surface area contributed by atoms with Gasteiger partial charge in [-0.3, -0.25) is 14.3 Å². The van der Waals surface area contributed by atoms with Crippen molar-refractivity contribution in [2.24, 2.45) is 5.73 Å². The van der Waals surface area contributed by atoms with Gasteiger partial charge in [0.1, 0.15) is 11.2 Å². The van der Waals surface area contributed by atoms with Gasteiger partial charge in [-0.1, -0.05) is 41.4 Å². The number of halogens is 2. The number of carbonyl (C=O) groups excluding carboxylic acids is 2. The molecule has 1 aliphatic rings. The number of amides is 2. The molecule has 0 saturated carbocycles. The van der Waals surface area contributed by atoms with Crippen molar-refractivity contribution < 1.29 is 14.0 Å². The van der Waals surface area contributed by atoms with E-state index in [-0.39, 0.29) is 24.4 Å². The predicted octanol–water partition coefficient (Wildman–Crippen LogP) is 4.54. The lowest BCUT2D eigenvalue weighted by atomic mass is 10.0. The van der Waals surface area contributed by atoms with Crippen molar-refractivity contribution in [3.05, 3.63) is 74.5 Å². The van der Waals surface area contributed by atoms with Crippen LogP contribution in [0.25, 0.3) is 27.2 Å². The summed E-state index contributed by atoms with van der Waals surface area (Å²) < 4.78 is 7.23. The fourth-order valence-electron chi connectivity index (χ4n) is 4.27. The van der Waals surface area contributed by atoms with Crippen molar-refractivity contribution in [3.63, 3.8) is 0 Å². The first kappa shape index (κ1) is 22.9. The third-order valence-electron chi connectivity index (χ3n) is 5.89. The summed E-state index contributed by atoms with van der Waals surface area (Å²) in [4.78, 5) is 34.9. The molecule has 0 aliphatic carbocycles. The molecule has 0 fully saturated rings. The van der Waals surface area contributed by atoms with Gasteiger partial charge < -0.3 is 15.1 Å². The molecule has 2 N–H and O–H groups in total. The number of oxazole rings is 1. The molecule has 0 atom stereocenters. The minimum absolute atomic E-state index is 0.114. The number of aryl methyl sites for hydroxylation is 1. The zero-order valence-electron chi connectivity index (χ0n) is 18.5. The van der Waals surface area contributed by atoms with E-state index >= 15 is 0 Å². The minimum atomic E-state index is -0.649. The second-order valence-electron chi connectivity index (χ2n) is 8.19. The maximum absolute atomic E-state index is 13.0. The molecule has 0 spiro atoms. The van der Waals surface area contributed by atoms with Crippen molar-refractivity contribution in [2.45, 2.75) is 26.4 Å². The van der Waals surface area contributed by atoms with Crippen molar-refractivity contribution >= 4 is 51.8 Å². The van der Waals surface area contributed by atoms with Gasteiger partial charge in [-0.2, -0.15) is 5.10 Å². The number of nitrogens with two attached hydrogens (primary N) is 1. The highest BCUT2D eigenvalue weighted by Gasteiger charge is 2.30. The molecule has 0 radical (unpaired) electrons. The summed E-state index contributed by atoms with van der Waals surface area (Å²) in [6, 6.07) is 8.34. The van der Waals surface area contributed by atoms with Crippen LogP contribution in [0.3, 0.4) is 0 Å². The first-order valence-corrected chi connectivity index (χ1v) is 11.4. The second kappa shape index (κ2) is 8.73. The Kier molecular flexibility index (Phi) is 5.71. The molecule has 2 amide bonds. The van der Waals surface area contributed by atoms with Crippen LogP contribution in [-0.4, -0.2) is 38.0 Å². The van der Waals surface area contributed by atoms with Gasteiger partial charge in [-0.15, -0.1) is 0 Å². The fourth-order valence-corrected chi connectivity index (χ4v) is 4.77. The van der Waals surface area contributed by atoms with Crippen LogP contribution in [0.1, 0.15) is 27.5 Å². The van der Waals surface area contributed by atoms with Crippen molar-refractivity contribution in [3.8, 4) is 11.3 Å². The van der Waals surface area contributed by atoms with Crippen LogP contribution in [0.15, 0.2) is 34.7 Å². The second-order valence-corrected chi connectivity index (χ2v) is 9.00. The largest absolute Gasteiger partial charge is 0.439 e.